The zero-order chi connectivity index (χ0) is 14.5. The van der Waals surface area contributed by atoms with Crippen molar-refractivity contribution < 1.29 is 19.0 Å². The average Bonchev–Trinajstić information content (AvgIpc) is 3.07. The lowest BCUT2D eigenvalue weighted by Crippen LogP contribution is -2.40. The number of rotatable bonds is 4. The van der Waals surface area contributed by atoms with E-state index >= 15 is 0 Å². The van der Waals surface area contributed by atoms with Crippen molar-refractivity contribution in [1.82, 2.24) is 4.90 Å². The molecule has 114 valence electrons. The second kappa shape index (κ2) is 6.91. The van der Waals surface area contributed by atoms with E-state index in [1.54, 1.807) is 0 Å². The van der Waals surface area contributed by atoms with Gasteiger partial charge in [-0.25, -0.2) is 0 Å². The topological polar surface area (TPSA) is 48.0 Å². The highest BCUT2D eigenvalue weighted by molar-refractivity contribution is 5.97. The second-order valence-electron chi connectivity index (χ2n) is 5.35. The van der Waals surface area contributed by atoms with E-state index in [9.17, 15) is 4.79 Å². The summed E-state index contributed by atoms with van der Waals surface area (Å²) < 4.78 is 16.7. The van der Waals surface area contributed by atoms with Crippen LogP contribution in [0.2, 0.25) is 0 Å². The predicted octanol–water partition coefficient (Wildman–Crippen LogP) is 1.72. The fraction of sp³-hybridized carbons (Fsp3) is 0.562. The van der Waals surface area contributed by atoms with Gasteiger partial charge >= 0.3 is 0 Å². The quantitative estimate of drug-likeness (QED) is 0.847. The number of benzene rings is 1. The van der Waals surface area contributed by atoms with Crippen LogP contribution in [0, 0.1) is 0 Å². The lowest BCUT2D eigenvalue weighted by Gasteiger charge is -2.27. The number of ether oxygens (including phenoxy) is 3. The second-order valence-corrected chi connectivity index (χ2v) is 5.35. The normalized spacial score (nSPS) is 22.3. The summed E-state index contributed by atoms with van der Waals surface area (Å²) in [6, 6.07) is 7.43. The van der Waals surface area contributed by atoms with E-state index in [-0.39, 0.29) is 12.0 Å². The molecule has 5 heteroatoms. The lowest BCUT2D eigenvalue weighted by atomic mass is 10.1. The molecule has 0 saturated carbocycles. The standard InChI is InChI=1S/C16H21NO4/c18-16(17-7-10-19-11-8-17)14-5-1-2-6-15(14)21-12-13-4-3-9-20-13/h1-2,5-6,13H,3-4,7-12H2. The Labute approximate surface area is 124 Å². The summed E-state index contributed by atoms with van der Waals surface area (Å²) >= 11 is 0. The van der Waals surface area contributed by atoms with Crippen LogP contribution < -0.4 is 4.74 Å². The number of carbonyl (C=O) groups is 1. The van der Waals surface area contributed by atoms with Crippen LogP contribution >= 0.6 is 0 Å². The molecule has 2 aliphatic rings. The maximum absolute atomic E-state index is 12.6. The van der Waals surface area contributed by atoms with Crippen LogP contribution in [0.1, 0.15) is 23.2 Å². The Kier molecular flexibility index (Phi) is 4.72. The smallest absolute Gasteiger partial charge is 0.257 e. The van der Waals surface area contributed by atoms with Gasteiger partial charge in [0.2, 0.25) is 0 Å². The van der Waals surface area contributed by atoms with Crippen molar-refractivity contribution in [3.8, 4) is 5.75 Å². The summed E-state index contributed by atoms with van der Waals surface area (Å²) in [6.45, 7) is 3.79. The molecule has 1 atom stereocenters. The highest BCUT2D eigenvalue weighted by atomic mass is 16.5. The molecule has 0 bridgehead atoms. The van der Waals surface area contributed by atoms with E-state index in [2.05, 4.69) is 0 Å². The van der Waals surface area contributed by atoms with Gasteiger partial charge in [0.1, 0.15) is 12.4 Å². The van der Waals surface area contributed by atoms with E-state index in [1.807, 2.05) is 29.2 Å². The van der Waals surface area contributed by atoms with Crippen LogP contribution in [0.25, 0.3) is 0 Å². The third-order valence-electron chi connectivity index (χ3n) is 3.86. The number of carbonyl (C=O) groups excluding carboxylic acids is 1. The number of morpholine rings is 1. The highest BCUT2D eigenvalue weighted by Gasteiger charge is 2.22. The first kappa shape index (κ1) is 14.4. The van der Waals surface area contributed by atoms with Gasteiger partial charge in [-0.15, -0.1) is 0 Å². The number of hydrogen-bond acceptors (Lipinski definition) is 4. The van der Waals surface area contributed by atoms with E-state index < -0.39 is 0 Å². The van der Waals surface area contributed by atoms with E-state index in [1.165, 1.54) is 0 Å². The summed E-state index contributed by atoms with van der Waals surface area (Å²) in [4.78, 5) is 14.4. The maximum Gasteiger partial charge on any atom is 0.257 e. The van der Waals surface area contributed by atoms with Crippen molar-refractivity contribution in [2.75, 3.05) is 39.5 Å². The largest absolute Gasteiger partial charge is 0.490 e. The van der Waals surface area contributed by atoms with Crippen LogP contribution in [0.3, 0.4) is 0 Å². The van der Waals surface area contributed by atoms with Crippen molar-refractivity contribution in [2.45, 2.75) is 18.9 Å². The predicted molar refractivity (Wildman–Crippen MR) is 77.6 cm³/mol. The molecule has 1 aromatic rings. The van der Waals surface area contributed by atoms with Gasteiger partial charge < -0.3 is 19.1 Å². The molecular formula is C16H21NO4. The summed E-state index contributed by atoms with van der Waals surface area (Å²) in [5, 5.41) is 0. The van der Waals surface area contributed by atoms with Crippen molar-refractivity contribution >= 4 is 5.91 Å². The first-order valence-electron chi connectivity index (χ1n) is 7.55. The first-order chi connectivity index (χ1) is 10.3. The number of para-hydroxylation sites is 1. The fourth-order valence-electron chi connectivity index (χ4n) is 2.66. The molecule has 0 aliphatic carbocycles. The summed E-state index contributed by atoms with van der Waals surface area (Å²) in [6.07, 6.45) is 2.26. The van der Waals surface area contributed by atoms with Crippen LogP contribution in [0.5, 0.6) is 5.75 Å². The third kappa shape index (κ3) is 3.54. The van der Waals surface area contributed by atoms with Crippen LogP contribution in [-0.4, -0.2) is 56.4 Å². The molecule has 2 fully saturated rings. The molecule has 3 rings (SSSR count). The van der Waals surface area contributed by atoms with E-state index in [4.69, 9.17) is 14.2 Å². The minimum Gasteiger partial charge on any atom is -0.490 e. The van der Waals surface area contributed by atoms with E-state index in [0.717, 1.165) is 19.4 Å². The maximum atomic E-state index is 12.6. The Hall–Kier alpha value is -1.59. The summed E-state index contributed by atoms with van der Waals surface area (Å²) in [5.41, 5.74) is 0.623. The third-order valence-corrected chi connectivity index (χ3v) is 3.86. The monoisotopic (exact) mass is 291 g/mol. The highest BCUT2D eigenvalue weighted by Crippen LogP contribution is 2.22. The molecule has 0 aromatic heterocycles. The molecule has 1 aromatic carbocycles. The first-order valence-corrected chi connectivity index (χ1v) is 7.55. The summed E-state index contributed by atoms with van der Waals surface area (Å²) in [7, 11) is 0. The Balaban J connectivity index is 1.67. The summed E-state index contributed by atoms with van der Waals surface area (Å²) in [5.74, 6) is 0.658. The van der Waals surface area contributed by atoms with E-state index in [0.29, 0.717) is 44.2 Å². The molecule has 2 saturated heterocycles. The van der Waals surface area contributed by atoms with Crippen molar-refractivity contribution in [3.05, 3.63) is 29.8 Å². The van der Waals surface area contributed by atoms with Gasteiger partial charge in [-0.1, -0.05) is 12.1 Å². The molecule has 0 spiro atoms. The Bertz CT molecular complexity index is 479. The van der Waals surface area contributed by atoms with Crippen molar-refractivity contribution in [2.24, 2.45) is 0 Å². The lowest BCUT2D eigenvalue weighted by molar-refractivity contribution is 0.0296. The van der Waals surface area contributed by atoms with Gasteiger partial charge in [-0.2, -0.15) is 0 Å². The Morgan fingerprint density at radius 2 is 2.05 bits per heavy atom. The minimum absolute atomic E-state index is 0.0150. The van der Waals surface area contributed by atoms with Crippen LogP contribution in [0.15, 0.2) is 24.3 Å². The number of hydrogen-bond donors (Lipinski definition) is 0. The van der Waals surface area contributed by atoms with Gasteiger partial charge in [-0.3, -0.25) is 4.79 Å². The Morgan fingerprint density at radius 3 is 2.81 bits per heavy atom. The Morgan fingerprint density at radius 1 is 1.24 bits per heavy atom. The van der Waals surface area contributed by atoms with Crippen LogP contribution in [-0.2, 0) is 9.47 Å². The molecular weight excluding hydrogens is 270 g/mol. The number of amides is 1. The molecule has 1 amide bonds. The SMILES string of the molecule is O=C(c1ccccc1OCC1CCCO1)N1CCOCC1. The van der Waals surface area contributed by atoms with Gasteiger partial charge in [0.05, 0.1) is 24.9 Å². The number of nitrogens with zero attached hydrogens (tertiary/aromatic N) is 1. The molecule has 2 heterocycles. The molecule has 1 unspecified atom stereocenters. The van der Waals surface area contributed by atoms with Gasteiger partial charge in [-0.05, 0) is 25.0 Å². The minimum atomic E-state index is 0.0150. The van der Waals surface area contributed by atoms with Crippen molar-refractivity contribution in [1.29, 1.82) is 0 Å². The van der Waals surface area contributed by atoms with Gasteiger partial charge in [0, 0.05) is 19.7 Å². The molecule has 5 nitrogen and oxygen atoms in total. The molecule has 21 heavy (non-hydrogen) atoms. The van der Waals surface area contributed by atoms with Gasteiger partial charge in [0.15, 0.2) is 0 Å². The van der Waals surface area contributed by atoms with Crippen LogP contribution in [0.4, 0.5) is 0 Å². The average molecular weight is 291 g/mol. The molecule has 0 radical (unpaired) electrons. The zero-order valence-electron chi connectivity index (χ0n) is 12.1. The molecule has 2 aliphatic heterocycles. The van der Waals surface area contributed by atoms with Crippen molar-refractivity contribution in [3.63, 3.8) is 0 Å². The fourth-order valence-corrected chi connectivity index (χ4v) is 2.66. The zero-order valence-corrected chi connectivity index (χ0v) is 12.1. The van der Waals surface area contributed by atoms with Gasteiger partial charge in [0.25, 0.3) is 5.91 Å². The molecule has 0 N–H and O–H groups in total.